The van der Waals surface area contributed by atoms with E-state index in [1.54, 1.807) is 11.0 Å². The Labute approximate surface area is 175 Å². The molecule has 3 heterocycles. The number of carbonyl (C=O) groups is 3. The lowest BCUT2D eigenvalue weighted by Crippen LogP contribution is -2.52. The van der Waals surface area contributed by atoms with Gasteiger partial charge in [-0.15, -0.1) is 0 Å². The molecule has 160 valence electrons. The number of hydrogen-bond donors (Lipinski definition) is 2. The molecule has 8 nitrogen and oxygen atoms in total. The van der Waals surface area contributed by atoms with Crippen LogP contribution < -0.4 is 10.1 Å². The fraction of sp³-hybridized carbons (Fsp3) is 0.591. The van der Waals surface area contributed by atoms with Gasteiger partial charge in [0.25, 0.3) is 5.91 Å². The number of rotatable bonds is 4. The van der Waals surface area contributed by atoms with Crippen molar-refractivity contribution in [2.24, 2.45) is 0 Å². The van der Waals surface area contributed by atoms with Crippen LogP contribution in [0.4, 0.5) is 0 Å². The van der Waals surface area contributed by atoms with Crippen molar-refractivity contribution in [2.45, 2.75) is 69.4 Å². The highest BCUT2D eigenvalue weighted by atomic mass is 16.5. The SMILES string of the molecule is O=C1CCC(N2Cc3cc(O[C@H]4CCC[C@H]4N4CCC(O)C4)ccc3C2=O)C(=O)N1. The number of ether oxygens (including phenoxy) is 1. The molecule has 2 saturated heterocycles. The van der Waals surface area contributed by atoms with Gasteiger partial charge in [-0.2, -0.15) is 0 Å². The maximum Gasteiger partial charge on any atom is 0.255 e. The molecule has 0 bridgehead atoms. The molecule has 2 unspecified atom stereocenters. The van der Waals surface area contributed by atoms with Gasteiger partial charge in [-0.25, -0.2) is 0 Å². The van der Waals surface area contributed by atoms with Crippen LogP contribution in [0.2, 0.25) is 0 Å². The van der Waals surface area contributed by atoms with Crippen molar-refractivity contribution in [3.8, 4) is 5.75 Å². The summed E-state index contributed by atoms with van der Waals surface area (Å²) in [7, 11) is 0. The van der Waals surface area contributed by atoms with E-state index >= 15 is 0 Å². The summed E-state index contributed by atoms with van der Waals surface area (Å²) >= 11 is 0. The lowest BCUT2D eigenvalue weighted by Gasteiger charge is -2.29. The van der Waals surface area contributed by atoms with Crippen molar-refractivity contribution in [3.63, 3.8) is 0 Å². The van der Waals surface area contributed by atoms with Crippen LogP contribution in [0.15, 0.2) is 18.2 Å². The minimum atomic E-state index is -0.604. The summed E-state index contributed by atoms with van der Waals surface area (Å²) in [5.74, 6) is -0.114. The first-order valence-corrected chi connectivity index (χ1v) is 10.9. The van der Waals surface area contributed by atoms with Gasteiger partial charge in [0.2, 0.25) is 11.8 Å². The molecule has 1 saturated carbocycles. The van der Waals surface area contributed by atoms with Gasteiger partial charge < -0.3 is 14.7 Å². The van der Waals surface area contributed by atoms with Crippen LogP contribution in [0.25, 0.3) is 0 Å². The maximum atomic E-state index is 12.8. The summed E-state index contributed by atoms with van der Waals surface area (Å²) in [4.78, 5) is 40.3. The minimum absolute atomic E-state index is 0.0803. The van der Waals surface area contributed by atoms with Crippen LogP contribution in [0.5, 0.6) is 5.75 Å². The number of carbonyl (C=O) groups excluding carboxylic acids is 3. The summed E-state index contributed by atoms with van der Waals surface area (Å²) in [5, 5.41) is 12.2. The summed E-state index contributed by atoms with van der Waals surface area (Å²) in [5.41, 5.74) is 1.45. The largest absolute Gasteiger partial charge is 0.489 e. The Morgan fingerprint density at radius 1 is 1.10 bits per heavy atom. The zero-order valence-corrected chi connectivity index (χ0v) is 16.9. The van der Waals surface area contributed by atoms with Crippen molar-refractivity contribution >= 4 is 17.7 Å². The molecule has 30 heavy (non-hydrogen) atoms. The molecule has 5 rings (SSSR count). The second-order valence-electron chi connectivity index (χ2n) is 8.81. The summed E-state index contributed by atoms with van der Waals surface area (Å²) < 4.78 is 6.33. The summed E-state index contributed by atoms with van der Waals surface area (Å²) in [6, 6.07) is 5.24. The Morgan fingerprint density at radius 2 is 1.97 bits per heavy atom. The van der Waals surface area contributed by atoms with Gasteiger partial charge in [-0.05, 0) is 55.9 Å². The fourth-order valence-corrected chi connectivity index (χ4v) is 5.33. The molecule has 3 aliphatic heterocycles. The molecule has 4 aliphatic rings. The third kappa shape index (κ3) is 3.48. The highest BCUT2D eigenvalue weighted by Crippen LogP contribution is 2.34. The van der Waals surface area contributed by atoms with Crippen molar-refractivity contribution in [2.75, 3.05) is 13.1 Å². The zero-order valence-electron chi connectivity index (χ0n) is 16.9. The third-order valence-corrected chi connectivity index (χ3v) is 6.86. The van der Waals surface area contributed by atoms with Gasteiger partial charge in [-0.1, -0.05) is 0 Å². The molecule has 1 aromatic rings. The molecular weight excluding hydrogens is 386 g/mol. The van der Waals surface area contributed by atoms with Gasteiger partial charge in [0, 0.05) is 37.7 Å². The van der Waals surface area contributed by atoms with Crippen molar-refractivity contribution < 1.29 is 24.2 Å². The van der Waals surface area contributed by atoms with Gasteiger partial charge >= 0.3 is 0 Å². The predicted molar refractivity (Wildman–Crippen MR) is 107 cm³/mol. The van der Waals surface area contributed by atoms with E-state index in [1.165, 1.54) is 0 Å². The molecule has 3 amide bonds. The maximum absolute atomic E-state index is 12.8. The molecular formula is C22H27N3O5. The molecule has 0 aromatic heterocycles. The van der Waals surface area contributed by atoms with Gasteiger partial charge in [0.15, 0.2) is 0 Å². The quantitative estimate of drug-likeness (QED) is 0.709. The van der Waals surface area contributed by atoms with Gasteiger partial charge in [0.1, 0.15) is 17.9 Å². The normalized spacial score (nSPS) is 31.9. The second kappa shape index (κ2) is 7.67. The lowest BCUT2D eigenvalue weighted by atomic mass is 10.0. The number of hydrogen-bond acceptors (Lipinski definition) is 6. The van der Waals surface area contributed by atoms with Crippen molar-refractivity contribution in [1.82, 2.24) is 15.1 Å². The summed E-state index contributed by atoms with van der Waals surface area (Å²) in [6.45, 7) is 1.97. The van der Waals surface area contributed by atoms with Crippen LogP contribution in [-0.4, -0.2) is 70.0 Å². The van der Waals surface area contributed by atoms with E-state index in [1.807, 2.05) is 12.1 Å². The number of likely N-dealkylation sites (tertiary alicyclic amines) is 1. The van der Waals surface area contributed by atoms with Crippen LogP contribution in [-0.2, 0) is 16.1 Å². The molecule has 8 heteroatoms. The number of piperidine rings is 1. The fourth-order valence-electron chi connectivity index (χ4n) is 5.33. The van der Waals surface area contributed by atoms with E-state index in [-0.39, 0.29) is 30.4 Å². The Kier molecular flexibility index (Phi) is 4.99. The molecule has 1 aliphatic carbocycles. The number of fused-ring (bicyclic) bond motifs is 1. The zero-order chi connectivity index (χ0) is 20.8. The molecule has 0 radical (unpaired) electrons. The average Bonchev–Trinajstić information content (AvgIpc) is 3.41. The molecule has 2 N–H and O–H groups in total. The van der Waals surface area contributed by atoms with Crippen molar-refractivity contribution in [3.05, 3.63) is 29.3 Å². The highest BCUT2D eigenvalue weighted by Gasteiger charge is 2.40. The first-order chi connectivity index (χ1) is 14.5. The predicted octanol–water partition coefficient (Wildman–Crippen LogP) is 0.814. The number of imide groups is 1. The van der Waals surface area contributed by atoms with Crippen LogP contribution in [0.3, 0.4) is 0 Å². The van der Waals surface area contributed by atoms with Gasteiger partial charge in [0.05, 0.1) is 6.10 Å². The van der Waals surface area contributed by atoms with E-state index in [4.69, 9.17) is 4.74 Å². The van der Waals surface area contributed by atoms with E-state index in [2.05, 4.69) is 10.2 Å². The van der Waals surface area contributed by atoms with Crippen LogP contribution in [0, 0.1) is 0 Å². The summed E-state index contributed by atoms with van der Waals surface area (Å²) in [6.07, 6.45) is 4.43. The molecule has 1 aromatic carbocycles. The third-order valence-electron chi connectivity index (χ3n) is 6.86. The van der Waals surface area contributed by atoms with Gasteiger partial charge in [-0.3, -0.25) is 24.6 Å². The van der Waals surface area contributed by atoms with Crippen molar-refractivity contribution in [1.29, 1.82) is 0 Å². The Hall–Kier alpha value is -2.45. The number of β-amino-alcohol motifs (C(OH)–C–C–N with tert-alkyl or cyclic N) is 1. The number of aliphatic hydroxyl groups is 1. The van der Waals surface area contributed by atoms with E-state index in [9.17, 15) is 19.5 Å². The number of benzene rings is 1. The monoisotopic (exact) mass is 413 g/mol. The Bertz CT molecular complexity index is 888. The molecule has 4 atom stereocenters. The minimum Gasteiger partial charge on any atom is -0.489 e. The average molecular weight is 413 g/mol. The topological polar surface area (TPSA) is 99.2 Å². The second-order valence-corrected chi connectivity index (χ2v) is 8.81. The highest BCUT2D eigenvalue weighted by molar-refractivity contribution is 6.05. The van der Waals surface area contributed by atoms with E-state index < -0.39 is 11.9 Å². The van der Waals surface area contributed by atoms with E-state index in [0.717, 1.165) is 43.5 Å². The van der Waals surface area contributed by atoms with Crippen LogP contribution in [0.1, 0.15) is 54.4 Å². The smallest absolute Gasteiger partial charge is 0.255 e. The number of aliphatic hydroxyl groups excluding tert-OH is 1. The first-order valence-electron chi connectivity index (χ1n) is 10.9. The molecule has 3 fully saturated rings. The Balaban J connectivity index is 1.29. The van der Waals surface area contributed by atoms with Crippen LogP contribution >= 0.6 is 0 Å². The Morgan fingerprint density at radius 3 is 2.73 bits per heavy atom. The number of amides is 3. The lowest BCUT2D eigenvalue weighted by molar-refractivity contribution is -0.136. The first kappa shape index (κ1) is 19.5. The number of nitrogens with zero attached hydrogens (tertiary/aromatic N) is 2. The standard InChI is InChI=1S/C22H27N3O5/c26-14-8-9-24(12-14)17-2-1-3-19(17)30-15-4-5-16-13(10-15)11-25(22(16)29)18-6-7-20(27)23-21(18)28/h4-5,10,14,17-19,26H,1-3,6-9,11-12H2,(H,23,27,28)/t14?,17-,18?,19+/m1/s1. The van der Waals surface area contributed by atoms with E-state index in [0.29, 0.717) is 31.1 Å². The molecule has 0 spiro atoms. The number of nitrogens with one attached hydrogen (secondary N) is 1.